The molecule has 0 aliphatic rings. The molecule has 0 unspecified atom stereocenters. The van der Waals surface area contributed by atoms with E-state index in [2.05, 4.69) is 15.3 Å². The van der Waals surface area contributed by atoms with Crippen LogP contribution in [0.2, 0.25) is 10.2 Å². The fourth-order valence-corrected chi connectivity index (χ4v) is 1.44. The van der Waals surface area contributed by atoms with E-state index in [1.165, 1.54) is 12.4 Å². The molecule has 1 N–H and O–H groups in total. The first kappa shape index (κ1) is 11.8. The lowest BCUT2D eigenvalue weighted by atomic mass is 10.2. The van der Waals surface area contributed by atoms with Gasteiger partial charge in [-0.2, -0.15) is 0 Å². The molecule has 0 saturated carbocycles. The van der Waals surface area contributed by atoms with Gasteiger partial charge in [-0.15, -0.1) is 0 Å². The van der Waals surface area contributed by atoms with E-state index in [1.807, 2.05) is 0 Å². The number of amides is 1. The van der Waals surface area contributed by atoms with E-state index in [0.29, 0.717) is 21.4 Å². The lowest BCUT2D eigenvalue weighted by molar-refractivity contribution is 0.102. The van der Waals surface area contributed by atoms with Crippen molar-refractivity contribution in [2.24, 2.45) is 0 Å². The van der Waals surface area contributed by atoms with Crippen LogP contribution in [0.15, 0.2) is 36.8 Å². The van der Waals surface area contributed by atoms with Crippen molar-refractivity contribution >= 4 is 34.8 Å². The van der Waals surface area contributed by atoms with E-state index in [-0.39, 0.29) is 5.91 Å². The average Bonchev–Trinajstić information content (AvgIpc) is 2.33. The maximum atomic E-state index is 11.8. The Labute approximate surface area is 108 Å². The topological polar surface area (TPSA) is 54.9 Å². The van der Waals surface area contributed by atoms with Crippen molar-refractivity contribution in [3.05, 3.63) is 52.5 Å². The number of anilines is 1. The molecule has 0 aliphatic heterocycles. The van der Waals surface area contributed by atoms with Crippen molar-refractivity contribution in [3.63, 3.8) is 0 Å². The molecule has 4 nitrogen and oxygen atoms in total. The van der Waals surface area contributed by atoms with Crippen molar-refractivity contribution < 1.29 is 4.79 Å². The van der Waals surface area contributed by atoms with Gasteiger partial charge < -0.3 is 5.32 Å². The molecule has 0 atom stereocenters. The van der Waals surface area contributed by atoms with E-state index in [1.54, 1.807) is 24.4 Å². The summed E-state index contributed by atoms with van der Waals surface area (Å²) in [4.78, 5) is 19.5. The van der Waals surface area contributed by atoms with Gasteiger partial charge in [-0.1, -0.05) is 23.2 Å². The quantitative estimate of drug-likeness (QED) is 0.851. The molecular weight excluding hydrogens is 261 g/mol. The van der Waals surface area contributed by atoms with Crippen molar-refractivity contribution in [2.45, 2.75) is 0 Å². The molecule has 17 heavy (non-hydrogen) atoms. The predicted molar refractivity (Wildman–Crippen MR) is 66.4 cm³/mol. The molecule has 0 aromatic carbocycles. The Kier molecular flexibility index (Phi) is 3.56. The molecule has 2 aromatic rings. The van der Waals surface area contributed by atoms with Crippen molar-refractivity contribution in [1.82, 2.24) is 9.97 Å². The first-order chi connectivity index (χ1) is 8.16. The Hall–Kier alpha value is -1.65. The fraction of sp³-hybridized carbons (Fsp3) is 0. The van der Waals surface area contributed by atoms with Gasteiger partial charge in [0.05, 0.1) is 22.5 Å². The molecule has 2 aromatic heterocycles. The van der Waals surface area contributed by atoms with Crippen molar-refractivity contribution in [3.8, 4) is 0 Å². The highest BCUT2D eigenvalue weighted by Crippen LogP contribution is 2.19. The summed E-state index contributed by atoms with van der Waals surface area (Å²) >= 11 is 11.5. The molecule has 0 fully saturated rings. The Bertz CT molecular complexity index is 543. The van der Waals surface area contributed by atoms with Gasteiger partial charge in [-0.3, -0.25) is 9.78 Å². The molecular formula is C11H7Cl2N3O. The van der Waals surface area contributed by atoms with Gasteiger partial charge in [0.15, 0.2) is 0 Å². The maximum Gasteiger partial charge on any atom is 0.257 e. The summed E-state index contributed by atoms with van der Waals surface area (Å²) in [5, 5.41) is 3.39. The molecule has 0 aliphatic carbocycles. The summed E-state index contributed by atoms with van der Waals surface area (Å²) in [6.07, 6.45) is 4.41. The van der Waals surface area contributed by atoms with E-state index < -0.39 is 0 Å². The maximum absolute atomic E-state index is 11.8. The summed E-state index contributed by atoms with van der Waals surface area (Å²) in [5.41, 5.74) is 0.850. The summed E-state index contributed by atoms with van der Waals surface area (Å²) in [6, 6.07) is 4.72. The SMILES string of the molecule is O=C(Nc1cnccc1Cl)c1ccc(Cl)nc1. The molecule has 2 rings (SSSR count). The summed E-state index contributed by atoms with van der Waals surface area (Å²) in [5.74, 6) is -0.316. The van der Waals surface area contributed by atoms with Crippen LogP contribution >= 0.6 is 23.2 Å². The van der Waals surface area contributed by atoms with Gasteiger partial charge >= 0.3 is 0 Å². The second-order valence-electron chi connectivity index (χ2n) is 3.18. The highest BCUT2D eigenvalue weighted by molar-refractivity contribution is 6.33. The standard InChI is InChI=1S/C11H7Cl2N3O/c12-8-3-4-14-6-9(8)16-11(17)7-1-2-10(13)15-5-7/h1-6H,(H,16,17). The number of nitrogens with one attached hydrogen (secondary N) is 1. The van der Waals surface area contributed by atoms with Gasteiger partial charge in [0.25, 0.3) is 5.91 Å². The third-order valence-electron chi connectivity index (χ3n) is 2.01. The first-order valence-electron chi connectivity index (χ1n) is 4.69. The molecule has 0 spiro atoms. The van der Waals surface area contributed by atoms with Gasteiger partial charge in [-0.05, 0) is 18.2 Å². The second kappa shape index (κ2) is 5.12. The minimum absolute atomic E-state index is 0.316. The van der Waals surface area contributed by atoms with Gasteiger partial charge in [0.1, 0.15) is 5.15 Å². The van der Waals surface area contributed by atoms with Gasteiger partial charge in [-0.25, -0.2) is 4.98 Å². The Morgan fingerprint density at radius 2 is 2.00 bits per heavy atom. The van der Waals surface area contributed by atoms with E-state index in [4.69, 9.17) is 23.2 Å². The molecule has 86 valence electrons. The second-order valence-corrected chi connectivity index (χ2v) is 3.97. The van der Waals surface area contributed by atoms with Crippen LogP contribution in [0.4, 0.5) is 5.69 Å². The number of hydrogen-bond donors (Lipinski definition) is 1. The zero-order valence-electron chi connectivity index (χ0n) is 8.52. The molecule has 0 saturated heterocycles. The molecule has 0 radical (unpaired) electrons. The molecule has 6 heteroatoms. The largest absolute Gasteiger partial charge is 0.319 e. The van der Waals surface area contributed by atoms with E-state index in [0.717, 1.165) is 0 Å². The summed E-state index contributed by atoms with van der Waals surface area (Å²) in [6.45, 7) is 0. The van der Waals surface area contributed by atoms with Gasteiger partial charge in [0, 0.05) is 12.4 Å². The van der Waals surface area contributed by atoms with Crippen LogP contribution in [0.1, 0.15) is 10.4 Å². The summed E-state index contributed by atoms with van der Waals surface area (Å²) in [7, 11) is 0. The lowest BCUT2D eigenvalue weighted by Gasteiger charge is -2.05. The molecule has 2 heterocycles. The minimum atomic E-state index is -0.316. The average molecular weight is 268 g/mol. The lowest BCUT2D eigenvalue weighted by Crippen LogP contribution is -2.12. The number of halogens is 2. The van der Waals surface area contributed by atoms with E-state index in [9.17, 15) is 4.79 Å². The van der Waals surface area contributed by atoms with Crippen LogP contribution in [0, 0.1) is 0 Å². The van der Waals surface area contributed by atoms with Crippen LogP contribution < -0.4 is 5.32 Å². The number of rotatable bonds is 2. The number of pyridine rings is 2. The Morgan fingerprint density at radius 3 is 2.65 bits per heavy atom. The van der Waals surface area contributed by atoms with Crippen LogP contribution in [0.25, 0.3) is 0 Å². The van der Waals surface area contributed by atoms with Crippen molar-refractivity contribution in [2.75, 3.05) is 5.32 Å². The number of nitrogens with zero attached hydrogens (tertiary/aromatic N) is 2. The minimum Gasteiger partial charge on any atom is -0.319 e. The van der Waals surface area contributed by atoms with Crippen LogP contribution in [-0.2, 0) is 0 Å². The fourth-order valence-electron chi connectivity index (χ4n) is 1.17. The van der Waals surface area contributed by atoms with Gasteiger partial charge in [0.2, 0.25) is 0 Å². The predicted octanol–water partition coefficient (Wildman–Crippen LogP) is 3.04. The zero-order chi connectivity index (χ0) is 12.3. The normalized spacial score (nSPS) is 10.0. The molecule has 0 bridgehead atoms. The van der Waals surface area contributed by atoms with Crippen molar-refractivity contribution in [1.29, 1.82) is 0 Å². The summed E-state index contributed by atoms with van der Waals surface area (Å²) < 4.78 is 0. The van der Waals surface area contributed by atoms with E-state index >= 15 is 0 Å². The number of hydrogen-bond acceptors (Lipinski definition) is 3. The Morgan fingerprint density at radius 1 is 1.18 bits per heavy atom. The molecule has 1 amide bonds. The number of carbonyl (C=O) groups is 1. The van der Waals surface area contributed by atoms with Crippen LogP contribution in [-0.4, -0.2) is 15.9 Å². The smallest absolute Gasteiger partial charge is 0.257 e. The van der Waals surface area contributed by atoms with Crippen LogP contribution in [0.5, 0.6) is 0 Å². The highest BCUT2D eigenvalue weighted by atomic mass is 35.5. The number of carbonyl (C=O) groups excluding carboxylic acids is 1. The first-order valence-corrected chi connectivity index (χ1v) is 5.45. The highest BCUT2D eigenvalue weighted by Gasteiger charge is 2.08. The Balaban J connectivity index is 2.17. The monoisotopic (exact) mass is 267 g/mol. The zero-order valence-corrected chi connectivity index (χ0v) is 10.0. The number of aromatic nitrogens is 2. The van der Waals surface area contributed by atoms with Crippen LogP contribution in [0.3, 0.4) is 0 Å². The third kappa shape index (κ3) is 2.93. The third-order valence-corrected chi connectivity index (χ3v) is 2.56.